The Bertz CT molecular complexity index is 1260. The van der Waals surface area contributed by atoms with Gasteiger partial charge in [-0.15, -0.1) is 0 Å². The minimum Gasteiger partial charge on any atom is -0.474 e. The fourth-order valence-electron chi connectivity index (χ4n) is 4.11. The fourth-order valence-corrected chi connectivity index (χ4v) is 4.23. The zero-order chi connectivity index (χ0) is 26.5. The molecule has 37 heavy (non-hydrogen) atoms. The molecule has 3 aromatic rings. The number of hydrogen-bond donors (Lipinski definition) is 2. The first-order valence-electron chi connectivity index (χ1n) is 11.2. The van der Waals surface area contributed by atoms with E-state index in [2.05, 4.69) is 20.7 Å². The smallest absolute Gasteiger partial charge is 0.269 e. The molecule has 0 spiro atoms. The van der Waals surface area contributed by atoms with Crippen LogP contribution in [0.3, 0.4) is 0 Å². The molecule has 1 saturated heterocycles. The maximum absolute atomic E-state index is 15.2. The predicted octanol–water partition coefficient (Wildman–Crippen LogP) is 2.49. The van der Waals surface area contributed by atoms with Crippen LogP contribution in [-0.4, -0.2) is 69.6 Å². The molecule has 1 aliphatic heterocycles. The van der Waals surface area contributed by atoms with Crippen LogP contribution in [-0.2, 0) is 16.0 Å². The van der Waals surface area contributed by atoms with Crippen molar-refractivity contribution in [3.63, 3.8) is 0 Å². The molecule has 0 saturated carbocycles. The average Bonchev–Trinajstić information content (AvgIpc) is 3.42. The molecule has 11 nitrogen and oxygen atoms in total. The SMILES string of the molecule is COC(=S)NC(c1cc(F)c(N2CCN(C(=O)Cc3ccc([N+](=O)[O-])cc3)CC2)c(F)c1)c1cn[nH]n1. The number of H-pyrrole nitrogens is 1. The Balaban J connectivity index is 1.43. The second-order valence-corrected chi connectivity index (χ2v) is 8.64. The molecule has 4 rings (SSSR count). The lowest BCUT2D eigenvalue weighted by Gasteiger charge is -2.36. The number of hydrogen-bond acceptors (Lipinski definition) is 8. The minimum absolute atomic E-state index is 0.0207. The van der Waals surface area contributed by atoms with Crippen LogP contribution in [0.15, 0.2) is 42.6 Å². The van der Waals surface area contributed by atoms with Crippen LogP contribution >= 0.6 is 12.2 Å². The Morgan fingerprint density at radius 2 is 1.86 bits per heavy atom. The van der Waals surface area contributed by atoms with Gasteiger partial charge in [0.2, 0.25) is 5.91 Å². The van der Waals surface area contributed by atoms with E-state index in [0.717, 1.165) is 0 Å². The van der Waals surface area contributed by atoms with Crippen molar-refractivity contribution in [3.8, 4) is 0 Å². The van der Waals surface area contributed by atoms with E-state index in [4.69, 9.17) is 17.0 Å². The van der Waals surface area contributed by atoms with Crippen molar-refractivity contribution >= 4 is 34.7 Å². The van der Waals surface area contributed by atoms with Gasteiger partial charge in [0.25, 0.3) is 10.9 Å². The van der Waals surface area contributed by atoms with Crippen LogP contribution in [0.5, 0.6) is 0 Å². The highest BCUT2D eigenvalue weighted by Gasteiger charge is 2.28. The number of piperazine rings is 1. The van der Waals surface area contributed by atoms with Gasteiger partial charge in [0.15, 0.2) is 0 Å². The topological polar surface area (TPSA) is 130 Å². The van der Waals surface area contributed by atoms with Gasteiger partial charge in [-0.3, -0.25) is 14.9 Å². The van der Waals surface area contributed by atoms with E-state index in [-0.39, 0.29) is 60.6 Å². The maximum Gasteiger partial charge on any atom is 0.269 e. The zero-order valence-electron chi connectivity index (χ0n) is 19.7. The Kier molecular flexibility index (Phi) is 7.86. The summed E-state index contributed by atoms with van der Waals surface area (Å²) >= 11 is 5.04. The number of rotatable bonds is 7. The van der Waals surface area contributed by atoms with Crippen LogP contribution < -0.4 is 10.2 Å². The lowest BCUT2D eigenvalue weighted by molar-refractivity contribution is -0.384. The lowest BCUT2D eigenvalue weighted by atomic mass is 10.0. The molecule has 1 unspecified atom stereocenters. The monoisotopic (exact) mass is 531 g/mol. The third-order valence-corrected chi connectivity index (χ3v) is 6.29. The van der Waals surface area contributed by atoms with Crippen molar-refractivity contribution < 1.29 is 23.2 Å². The molecule has 1 amide bonds. The molecular weight excluding hydrogens is 508 g/mol. The molecule has 1 fully saturated rings. The summed E-state index contributed by atoms with van der Waals surface area (Å²) in [5.74, 6) is -1.70. The fraction of sp³-hybridized carbons (Fsp3) is 0.304. The number of ether oxygens (including phenoxy) is 1. The van der Waals surface area contributed by atoms with Crippen LogP contribution in [0.25, 0.3) is 0 Å². The first kappa shape index (κ1) is 25.9. The molecule has 1 aliphatic rings. The van der Waals surface area contributed by atoms with Gasteiger partial charge in [0.1, 0.15) is 29.1 Å². The van der Waals surface area contributed by atoms with Gasteiger partial charge in [-0.05, 0) is 35.5 Å². The van der Waals surface area contributed by atoms with E-state index in [1.807, 2.05) is 0 Å². The first-order valence-corrected chi connectivity index (χ1v) is 11.6. The number of carbonyl (C=O) groups excluding carboxylic acids is 1. The van der Waals surface area contributed by atoms with E-state index in [1.54, 1.807) is 21.9 Å². The van der Waals surface area contributed by atoms with Crippen molar-refractivity contribution in [1.82, 2.24) is 25.6 Å². The first-order chi connectivity index (χ1) is 17.8. The van der Waals surface area contributed by atoms with Crippen LogP contribution in [0.1, 0.15) is 22.9 Å². The molecule has 0 aliphatic carbocycles. The lowest BCUT2D eigenvalue weighted by Crippen LogP contribution is -2.49. The van der Waals surface area contributed by atoms with Gasteiger partial charge in [0.05, 0.1) is 24.7 Å². The third kappa shape index (κ3) is 5.97. The number of anilines is 1. The van der Waals surface area contributed by atoms with Gasteiger partial charge in [-0.1, -0.05) is 12.1 Å². The second-order valence-electron chi connectivity index (χ2n) is 8.27. The maximum atomic E-state index is 15.2. The average molecular weight is 532 g/mol. The number of nitro benzene ring substituents is 1. The summed E-state index contributed by atoms with van der Waals surface area (Å²) in [4.78, 5) is 26.1. The Hall–Kier alpha value is -4.20. The van der Waals surface area contributed by atoms with Gasteiger partial charge in [0, 0.05) is 38.3 Å². The zero-order valence-corrected chi connectivity index (χ0v) is 20.5. The summed E-state index contributed by atoms with van der Waals surface area (Å²) in [6.07, 6.45) is 1.49. The summed E-state index contributed by atoms with van der Waals surface area (Å²) in [5.41, 5.74) is 1.02. The summed E-state index contributed by atoms with van der Waals surface area (Å²) < 4.78 is 35.4. The number of thiocarbonyl (C=S) groups is 1. The molecule has 1 aromatic heterocycles. The standard InChI is InChI=1S/C23H23F2N7O4S/c1-36-23(37)27-21(19-13-26-29-28-19)15-11-17(24)22(18(25)12-15)31-8-6-30(7-9-31)20(33)10-14-2-4-16(5-3-14)32(34)35/h2-5,11-13,21H,6-10H2,1H3,(H,27,37)(H,26,28,29). The Labute approximate surface area is 215 Å². The van der Waals surface area contributed by atoms with Gasteiger partial charge in [-0.25, -0.2) is 8.78 Å². The van der Waals surface area contributed by atoms with Crippen molar-refractivity contribution in [2.45, 2.75) is 12.5 Å². The van der Waals surface area contributed by atoms with Crippen molar-refractivity contribution in [3.05, 3.63) is 81.2 Å². The van der Waals surface area contributed by atoms with Crippen LogP contribution in [0.2, 0.25) is 0 Å². The van der Waals surface area contributed by atoms with E-state index in [1.165, 1.54) is 37.6 Å². The molecule has 194 valence electrons. The number of halogens is 2. The van der Waals surface area contributed by atoms with Gasteiger partial charge < -0.3 is 19.9 Å². The number of amides is 1. The van der Waals surface area contributed by atoms with E-state index in [0.29, 0.717) is 11.3 Å². The van der Waals surface area contributed by atoms with Gasteiger partial charge in [-0.2, -0.15) is 15.4 Å². The third-order valence-electron chi connectivity index (χ3n) is 6.00. The van der Waals surface area contributed by atoms with Gasteiger partial charge >= 0.3 is 0 Å². The number of nitrogens with one attached hydrogen (secondary N) is 2. The Morgan fingerprint density at radius 3 is 2.41 bits per heavy atom. The predicted molar refractivity (Wildman–Crippen MR) is 133 cm³/mol. The highest BCUT2D eigenvalue weighted by Crippen LogP contribution is 2.30. The summed E-state index contributed by atoms with van der Waals surface area (Å²) in [6.45, 7) is 1.02. The largest absolute Gasteiger partial charge is 0.474 e. The number of nitro groups is 1. The number of carbonyl (C=O) groups is 1. The molecule has 0 radical (unpaired) electrons. The quantitative estimate of drug-likeness (QED) is 0.268. The molecule has 1 atom stereocenters. The normalized spacial score (nSPS) is 14.2. The highest BCUT2D eigenvalue weighted by molar-refractivity contribution is 7.80. The number of methoxy groups -OCH3 is 1. The minimum atomic E-state index is -0.793. The molecule has 2 aromatic carbocycles. The molecule has 2 N–H and O–H groups in total. The molecule has 14 heteroatoms. The number of aromatic amines is 1. The van der Waals surface area contributed by atoms with Crippen LogP contribution in [0, 0.1) is 21.7 Å². The van der Waals surface area contributed by atoms with Crippen molar-refractivity contribution in [2.75, 3.05) is 38.2 Å². The van der Waals surface area contributed by atoms with E-state index < -0.39 is 22.6 Å². The van der Waals surface area contributed by atoms with E-state index in [9.17, 15) is 14.9 Å². The number of non-ortho nitro benzene ring substituents is 1. The van der Waals surface area contributed by atoms with Crippen molar-refractivity contribution in [2.24, 2.45) is 0 Å². The second kappa shape index (κ2) is 11.2. The highest BCUT2D eigenvalue weighted by atomic mass is 32.1. The Morgan fingerprint density at radius 1 is 1.22 bits per heavy atom. The summed E-state index contributed by atoms with van der Waals surface area (Å²) in [5, 5.41) is 23.8. The van der Waals surface area contributed by atoms with Crippen molar-refractivity contribution in [1.29, 1.82) is 0 Å². The number of benzene rings is 2. The molecular formula is C23H23F2N7O4S. The number of aromatic nitrogens is 3. The van der Waals surface area contributed by atoms with Crippen LogP contribution in [0.4, 0.5) is 20.2 Å². The molecule has 0 bridgehead atoms. The summed E-state index contributed by atoms with van der Waals surface area (Å²) in [6, 6.07) is 7.39. The summed E-state index contributed by atoms with van der Waals surface area (Å²) in [7, 11) is 1.37. The molecule has 2 heterocycles. The number of nitrogens with zero attached hydrogens (tertiary/aromatic N) is 5. The van der Waals surface area contributed by atoms with E-state index >= 15 is 8.78 Å².